The third kappa shape index (κ3) is 3.82. The number of aromatic nitrogens is 2. The van der Waals surface area contributed by atoms with Gasteiger partial charge in [0.05, 0.1) is 0 Å². The van der Waals surface area contributed by atoms with Crippen LogP contribution in [0.25, 0.3) is 0 Å². The molecule has 1 N–H and O–H groups in total. The van der Waals surface area contributed by atoms with E-state index < -0.39 is 0 Å². The van der Waals surface area contributed by atoms with Crippen LogP contribution in [0.5, 0.6) is 0 Å². The molecule has 0 radical (unpaired) electrons. The second kappa shape index (κ2) is 7.19. The minimum absolute atomic E-state index is 0.209. The predicted molar refractivity (Wildman–Crippen MR) is 107 cm³/mol. The summed E-state index contributed by atoms with van der Waals surface area (Å²) in [4.78, 5) is 14.4. The molecule has 0 saturated heterocycles. The van der Waals surface area contributed by atoms with E-state index in [1.165, 1.54) is 18.4 Å². The van der Waals surface area contributed by atoms with Crippen LogP contribution in [-0.4, -0.2) is 29.7 Å². The lowest BCUT2D eigenvalue weighted by atomic mass is 9.95. The lowest BCUT2D eigenvalue weighted by Crippen LogP contribution is -2.30. The molecule has 0 aliphatic heterocycles. The van der Waals surface area contributed by atoms with Gasteiger partial charge in [0.15, 0.2) is 11.5 Å². The maximum atomic E-state index is 12.3. The highest BCUT2D eigenvalue weighted by Gasteiger charge is 2.45. The molecule has 0 unspecified atom stereocenters. The largest absolute Gasteiger partial charge is 0.357 e. The van der Waals surface area contributed by atoms with Crippen molar-refractivity contribution in [2.45, 2.75) is 18.3 Å². The maximum Gasteiger partial charge on any atom is 0.276 e. The number of rotatable bonds is 6. The molecule has 1 saturated carbocycles. The summed E-state index contributed by atoms with van der Waals surface area (Å²) in [6.45, 7) is 0.890. The Balaban J connectivity index is 1.42. The van der Waals surface area contributed by atoms with Gasteiger partial charge in [-0.1, -0.05) is 48.5 Å². The Morgan fingerprint density at radius 3 is 2.22 bits per heavy atom. The van der Waals surface area contributed by atoms with Gasteiger partial charge in [0.25, 0.3) is 5.91 Å². The number of anilines is 2. The van der Waals surface area contributed by atoms with Crippen LogP contribution in [0.15, 0.2) is 72.8 Å². The minimum Gasteiger partial charge on any atom is -0.357 e. The molecule has 1 heterocycles. The maximum absolute atomic E-state index is 12.3. The molecule has 27 heavy (non-hydrogen) atoms. The van der Waals surface area contributed by atoms with Crippen LogP contribution >= 0.6 is 0 Å². The molecule has 1 aromatic heterocycles. The van der Waals surface area contributed by atoms with Crippen molar-refractivity contribution >= 4 is 17.4 Å². The van der Waals surface area contributed by atoms with E-state index in [1.54, 1.807) is 6.07 Å². The summed E-state index contributed by atoms with van der Waals surface area (Å²) in [5.41, 5.74) is 2.63. The van der Waals surface area contributed by atoms with Crippen LogP contribution in [-0.2, 0) is 5.41 Å². The number of para-hydroxylation sites is 1. The number of carbonyl (C=O) groups is 1. The Hall–Kier alpha value is -3.21. The van der Waals surface area contributed by atoms with E-state index in [-0.39, 0.29) is 11.3 Å². The van der Waals surface area contributed by atoms with Gasteiger partial charge in [-0.25, -0.2) is 0 Å². The summed E-state index contributed by atoms with van der Waals surface area (Å²) in [5.74, 6) is 0.513. The molecule has 1 fully saturated rings. The third-order valence-electron chi connectivity index (χ3n) is 5.09. The van der Waals surface area contributed by atoms with Crippen molar-refractivity contribution in [2.24, 2.45) is 0 Å². The average Bonchev–Trinajstić information content (AvgIpc) is 3.50. The van der Waals surface area contributed by atoms with E-state index in [2.05, 4.69) is 44.7 Å². The van der Waals surface area contributed by atoms with Crippen molar-refractivity contribution < 1.29 is 4.79 Å². The van der Waals surface area contributed by atoms with E-state index in [1.807, 2.05) is 49.5 Å². The molecule has 136 valence electrons. The molecule has 4 rings (SSSR count). The second-order valence-corrected chi connectivity index (χ2v) is 7.10. The van der Waals surface area contributed by atoms with Crippen molar-refractivity contribution in [1.82, 2.24) is 10.2 Å². The Morgan fingerprint density at radius 2 is 1.63 bits per heavy atom. The Morgan fingerprint density at radius 1 is 0.963 bits per heavy atom. The van der Waals surface area contributed by atoms with Crippen LogP contribution in [0.1, 0.15) is 28.9 Å². The fraction of sp³-hybridized carbons (Fsp3) is 0.227. The Labute approximate surface area is 159 Å². The normalized spacial score (nSPS) is 14.4. The molecular weight excluding hydrogens is 336 g/mol. The van der Waals surface area contributed by atoms with Gasteiger partial charge >= 0.3 is 0 Å². The first-order chi connectivity index (χ1) is 13.2. The molecule has 1 aliphatic rings. The van der Waals surface area contributed by atoms with Gasteiger partial charge in [0.2, 0.25) is 0 Å². The van der Waals surface area contributed by atoms with E-state index in [4.69, 9.17) is 0 Å². The van der Waals surface area contributed by atoms with E-state index in [0.717, 1.165) is 18.1 Å². The summed E-state index contributed by atoms with van der Waals surface area (Å²) in [6.07, 6.45) is 2.37. The van der Waals surface area contributed by atoms with Gasteiger partial charge < -0.3 is 10.2 Å². The Bertz CT molecular complexity index is 906. The number of benzene rings is 2. The summed E-state index contributed by atoms with van der Waals surface area (Å²) in [7, 11) is 2.02. The van der Waals surface area contributed by atoms with Gasteiger partial charge in [-0.3, -0.25) is 4.79 Å². The highest BCUT2D eigenvalue weighted by atomic mass is 16.1. The number of nitrogens with one attached hydrogen (secondary N) is 1. The molecule has 5 heteroatoms. The zero-order valence-corrected chi connectivity index (χ0v) is 15.3. The van der Waals surface area contributed by atoms with Crippen molar-refractivity contribution in [3.63, 3.8) is 0 Å². The zero-order chi connectivity index (χ0) is 18.7. The molecular formula is C22H22N4O. The number of amides is 1. The van der Waals surface area contributed by atoms with Gasteiger partial charge in [-0.15, -0.1) is 10.2 Å². The van der Waals surface area contributed by atoms with Crippen LogP contribution in [0.2, 0.25) is 0 Å². The predicted octanol–water partition coefficient (Wildman–Crippen LogP) is 3.90. The van der Waals surface area contributed by atoms with E-state index in [0.29, 0.717) is 5.69 Å². The topological polar surface area (TPSA) is 58.1 Å². The SMILES string of the molecule is CN(CC1(c2ccccc2)CC1)c1ccc(C(=O)Nc2ccccc2)nn1. The highest BCUT2D eigenvalue weighted by Crippen LogP contribution is 2.48. The van der Waals surface area contributed by atoms with Crippen LogP contribution in [0.4, 0.5) is 11.5 Å². The second-order valence-electron chi connectivity index (χ2n) is 7.10. The van der Waals surface area contributed by atoms with Crippen LogP contribution < -0.4 is 10.2 Å². The van der Waals surface area contributed by atoms with Crippen LogP contribution in [0, 0.1) is 0 Å². The lowest BCUT2D eigenvalue weighted by Gasteiger charge is -2.24. The minimum atomic E-state index is -0.258. The molecule has 0 atom stereocenters. The summed E-state index contributed by atoms with van der Waals surface area (Å²) in [5, 5.41) is 11.2. The van der Waals surface area contributed by atoms with Crippen LogP contribution in [0.3, 0.4) is 0 Å². The van der Waals surface area contributed by atoms with Gasteiger partial charge in [-0.05, 0) is 42.7 Å². The number of carbonyl (C=O) groups excluding carboxylic acids is 1. The molecule has 5 nitrogen and oxygen atoms in total. The monoisotopic (exact) mass is 358 g/mol. The van der Waals surface area contributed by atoms with Gasteiger partial charge in [-0.2, -0.15) is 0 Å². The third-order valence-corrected chi connectivity index (χ3v) is 5.09. The molecule has 0 spiro atoms. The first-order valence-corrected chi connectivity index (χ1v) is 9.13. The van der Waals surface area contributed by atoms with Crippen molar-refractivity contribution in [3.05, 3.63) is 84.1 Å². The highest BCUT2D eigenvalue weighted by molar-refractivity contribution is 6.02. The Kier molecular flexibility index (Phi) is 4.59. The van der Waals surface area contributed by atoms with Crippen molar-refractivity contribution in [3.8, 4) is 0 Å². The zero-order valence-electron chi connectivity index (χ0n) is 15.3. The lowest BCUT2D eigenvalue weighted by molar-refractivity contribution is 0.102. The quantitative estimate of drug-likeness (QED) is 0.726. The molecule has 0 bridgehead atoms. The molecule has 1 aliphatic carbocycles. The average molecular weight is 358 g/mol. The summed E-state index contributed by atoms with van der Waals surface area (Å²) >= 11 is 0. The van der Waals surface area contributed by atoms with E-state index in [9.17, 15) is 4.79 Å². The van der Waals surface area contributed by atoms with E-state index >= 15 is 0 Å². The molecule has 2 aromatic carbocycles. The van der Waals surface area contributed by atoms with Gasteiger partial charge in [0.1, 0.15) is 0 Å². The fourth-order valence-electron chi connectivity index (χ4n) is 3.38. The summed E-state index contributed by atoms with van der Waals surface area (Å²) < 4.78 is 0. The first kappa shape index (κ1) is 17.2. The molecule has 3 aromatic rings. The number of hydrogen-bond donors (Lipinski definition) is 1. The molecule has 1 amide bonds. The summed E-state index contributed by atoms with van der Waals surface area (Å²) in [6, 6.07) is 23.5. The smallest absolute Gasteiger partial charge is 0.276 e. The standard InChI is InChI=1S/C22H22N4O/c1-26(16-22(14-15-22)17-8-4-2-5-9-17)20-13-12-19(24-25-20)21(27)23-18-10-6-3-7-11-18/h2-13H,14-16H2,1H3,(H,23,27). The first-order valence-electron chi connectivity index (χ1n) is 9.13. The number of likely N-dealkylation sites (N-methyl/N-ethyl adjacent to an activating group) is 1. The van der Waals surface area contributed by atoms with Crippen molar-refractivity contribution in [1.29, 1.82) is 0 Å². The van der Waals surface area contributed by atoms with Gasteiger partial charge in [0, 0.05) is 24.7 Å². The van der Waals surface area contributed by atoms with Crippen molar-refractivity contribution in [2.75, 3.05) is 23.8 Å². The fourth-order valence-corrected chi connectivity index (χ4v) is 3.38. The number of hydrogen-bond acceptors (Lipinski definition) is 4. The number of nitrogens with zero attached hydrogens (tertiary/aromatic N) is 3.